The number of piperidine rings is 1. The molecule has 2 aliphatic rings. The quantitative estimate of drug-likeness (QED) is 0.655. The van der Waals surface area contributed by atoms with Crippen molar-refractivity contribution in [1.29, 1.82) is 0 Å². The Morgan fingerprint density at radius 3 is 2.48 bits per heavy atom. The minimum absolute atomic E-state index is 0.0622. The molecule has 0 aromatic heterocycles. The van der Waals surface area contributed by atoms with Crippen LogP contribution in [-0.2, 0) is 14.4 Å². The summed E-state index contributed by atoms with van der Waals surface area (Å²) in [4.78, 5) is 39.4. The zero-order valence-corrected chi connectivity index (χ0v) is 15.7. The smallest absolute Gasteiger partial charge is 0.331 e. The topological polar surface area (TPSA) is 90.0 Å². The zero-order chi connectivity index (χ0) is 18.9. The summed E-state index contributed by atoms with van der Waals surface area (Å²) in [6, 6.07) is -0.458. The molecular formula is C18H29N3O4. The van der Waals surface area contributed by atoms with E-state index in [2.05, 4.69) is 10.2 Å². The number of carbonyl (C=O) groups is 3. The summed E-state index contributed by atoms with van der Waals surface area (Å²) in [5.74, 6) is -0.187. The molecule has 2 fully saturated rings. The molecule has 2 N–H and O–H groups in total. The molecule has 1 saturated heterocycles. The highest BCUT2D eigenvalue weighted by molar-refractivity contribution is 5.89. The standard InChI is InChI=1S/C18H29N3O4/c1-10(2)14(6-11(3)18(24)25)21(5)15(22)8-19-17(23)16-13-7-12(13)9-20(16)4/h6,10,12-14,16H,7-9H2,1-5H3,(H,19,23)(H,24,25)/b11-6+. The number of carbonyl (C=O) groups excluding carboxylic acids is 2. The van der Waals surface area contributed by atoms with Crippen LogP contribution in [0, 0.1) is 17.8 Å². The number of carboxylic acids is 1. The summed E-state index contributed by atoms with van der Waals surface area (Å²) in [5.41, 5.74) is 0.203. The molecule has 1 heterocycles. The lowest BCUT2D eigenvalue weighted by molar-refractivity contribution is -0.135. The van der Waals surface area contributed by atoms with Gasteiger partial charge in [0.15, 0.2) is 0 Å². The van der Waals surface area contributed by atoms with Gasteiger partial charge in [0.2, 0.25) is 11.8 Å². The van der Waals surface area contributed by atoms with Crippen molar-refractivity contribution in [3.05, 3.63) is 11.6 Å². The van der Waals surface area contributed by atoms with Crippen molar-refractivity contribution in [2.45, 2.75) is 39.3 Å². The number of aliphatic carboxylic acids is 1. The lowest BCUT2D eigenvalue weighted by Gasteiger charge is -2.30. The zero-order valence-electron chi connectivity index (χ0n) is 15.7. The summed E-state index contributed by atoms with van der Waals surface area (Å²) in [6.07, 6.45) is 2.69. The van der Waals surface area contributed by atoms with E-state index in [-0.39, 0.29) is 41.9 Å². The van der Waals surface area contributed by atoms with Gasteiger partial charge in [0.25, 0.3) is 0 Å². The van der Waals surface area contributed by atoms with Crippen molar-refractivity contribution < 1.29 is 19.5 Å². The van der Waals surface area contributed by atoms with Crippen molar-refractivity contribution in [1.82, 2.24) is 15.1 Å². The first-order chi connectivity index (χ1) is 11.6. The van der Waals surface area contributed by atoms with Crippen LogP contribution >= 0.6 is 0 Å². The van der Waals surface area contributed by atoms with Crippen LogP contribution in [0.15, 0.2) is 11.6 Å². The normalized spacial score (nSPS) is 27.0. The van der Waals surface area contributed by atoms with Gasteiger partial charge in [0, 0.05) is 19.2 Å². The van der Waals surface area contributed by atoms with Crippen LogP contribution in [0.4, 0.5) is 0 Å². The van der Waals surface area contributed by atoms with Gasteiger partial charge in [-0.2, -0.15) is 0 Å². The largest absolute Gasteiger partial charge is 0.478 e. The van der Waals surface area contributed by atoms with E-state index < -0.39 is 5.97 Å². The molecule has 4 atom stereocenters. The number of hydrogen-bond acceptors (Lipinski definition) is 4. The first kappa shape index (κ1) is 19.4. The van der Waals surface area contributed by atoms with Gasteiger partial charge in [-0.15, -0.1) is 0 Å². The maximum Gasteiger partial charge on any atom is 0.331 e. The SMILES string of the molecule is C/C(=C\C(C(C)C)N(C)C(=O)CNC(=O)C1C2CC2CN1C)C(=O)O. The van der Waals surface area contributed by atoms with E-state index in [0.29, 0.717) is 11.8 Å². The molecule has 0 radical (unpaired) electrons. The van der Waals surface area contributed by atoms with Crippen molar-refractivity contribution in [2.24, 2.45) is 17.8 Å². The number of hydrogen-bond donors (Lipinski definition) is 2. The minimum Gasteiger partial charge on any atom is -0.478 e. The summed E-state index contributed by atoms with van der Waals surface area (Å²) in [7, 11) is 3.59. The summed E-state index contributed by atoms with van der Waals surface area (Å²) < 4.78 is 0. The molecule has 0 aromatic rings. The summed E-state index contributed by atoms with van der Waals surface area (Å²) in [6.45, 7) is 6.25. The van der Waals surface area contributed by atoms with E-state index in [9.17, 15) is 14.4 Å². The lowest BCUT2D eigenvalue weighted by Crippen LogP contribution is -2.49. The van der Waals surface area contributed by atoms with E-state index in [1.54, 1.807) is 13.1 Å². The fourth-order valence-corrected chi connectivity index (χ4v) is 3.71. The number of likely N-dealkylation sites (N-methyl/N-ethyl adjacent to an activating group) is 2. The van der Waals surface area contributed by atoms with E-state index >= 15 is 0 Å². The summed E-state index contributed by atoms with van der Waals surface area (Å²) >= 11 is 0. The molecule has 25 heavy (non-hydrogen) atoms. The Morgan fingerprint density at radius 2 is 2.00 bits per heavy atom. The second-order valence-electron chi connectivity index (χ2n) is 7.66. The average molecular weight is 351 g/mol. The molecule has 0 aromatic carbocycles. The Balaban J connectivity index is 1.93. The van der Waals surface area contributed by atoms with Crippen molar-refractivity contribution in [2.75, 3.05) is 27.2 Å². The van der Waals surface area contributed by atoms with Crippen molar-refractivity contribution >= 4 is 17.8 Å². The van der Waals surface area contributed by atoms with Crippen LogP contribution in [-0.4, -0.2) is 72.0 Å². The third-order valence-corrected chi connectivity index (χ3v) is 5.34. The number of carboxylic acid groups (broad SMARTS) is 1. The predicted molar refractivity (Wildman–Crippen MR) is 93.8 cm³/mol. The van der Waals surface area contributed by atoms with E-state index in [4.69, 9.17) is 5.11 Å². The van der Waals surface area contributed by atoms with Crippen molar-refractivity contribution in [3.8, 4) is 0 Å². The molecule has 140 valence electrons. The third kappa shape index (κ3) is 4.39. The van der Waals surface area contributed by atoms with E-state index in [1.165, 1.54) is 11.8 Å². The number of rotatable bonds is 7. The molecule has 7 heteroatoms. The molecule has 2 amide bonds. The number of nitrogens with zero attached hydrogens (tertiary/aromatic N) is 2. The van der Waals surface area contributed by atoms with E-state index in [0.717, 1.165) is 13.0 Å². The molecule has 0 spiro atoms. The molecule has 2 rings (SSSR count). The molecule has 1 aliphatic carbocycles. The Hall–Kier alpha value is -1.89. The van der Waals surface area contributed by atoms with Gasteiger partial charge in [0.1, 0.15) is 0 Å². The second-order valence-corrected chi connectivity index (χ2v) is 7.66. The highest BCUT2D eigenvalue weighted by Crippen LogP contribution is 2.48. The molecule has 0 bridgehead atoms. The Labute approximate surface area is 149 Å². The Kier molecular flexibility index (Phi) is 5.87. The van der Waals surface area contributed by atoms with Gasteiger partial charge in [-0.05, 0) is 38.1 Å². The minimum atomic E-state index is -0.997. The average Bonchev–Trinajstić information content (AvgIpc) is 3.19. The number of likely N-dealkylation sites (tertiary alicyclic amines) is 1. The lowest BCUT2D eigenvalue weighted by atomic mass is 10.00. The van der Waals surface area contributed by atoms with Gasteiger partial charge in [-0.25, -0.2) is 4.79 Å². The van der Waals surface area contributed by atoms with Gasteiger partial charge in [0.05, 0.1) is 18.6 Å². The maximum atomic E-state index is 12.5. The molecule has 4 unspecified atom stereocenters. The highest BCUT2D eigenvalue weighted by atomic mass is 16.4. The van der Waals surface area contributed by atoms with Gasteiger partial charge < -0.3 is 15.3 Å². The van der Waals surface area contributed by atoms with Gasteiger partial charge in [-0.3, -0.25) is 14.5 Å². The van der Waals surface area contributed by atoms with Gasteiger partial charge in [-0.1, -0.05) is 19.9 Å². The monoisotopic (exact) mass is 351 g/mol. The first-order valence-electron chi connectivity index (χ1n) is 8.78. The third-order valence-electron chi connectivity index (χ3n) is 5.34. The van der Waals surface area contributed by atoms with Crippen LogP contribution in [0.2, 0.25) is 0 Å². The molecule has 7 nitrogen and oxygen atoms in total. The fourth-order valence-electron chi connectivity index (χ4n) is 3.71. The molecule has 1 aliphatic heterocycles. The van der Waals surface area contributed by atoms with Crippen molar-refractivity contribution in [3.63, 3.8) is 0 Å². The maximum absolute atomic E-state index is 12.5. The predicted octanol–water partition coefficient (Wildman–Crippen LogP) is 0.567. The van der Waals surface area contributed by atoms with Crippen LogP contribution in [0.3, 0.4) is 0 Å². The fraction of sp³-hybridized carbons (Fsp3) is 0.722. The second kappa shape index (κ2) is 7.56. The van der Waals surface area contributed by atoms with Crippen LogP contribution in [0.5, 0.6) is 0 Å². The number of fused-ring (bicyclic) bond motifs is 1. The number of nitrogens with one attached hydrogen (secondary N) is 1. The first-order valence-corrected chi connectivity index (χ1v) is 8.78. The molecular weight excluding hydrogens is 322 g/mol. The Bertz CT molecular complexity index is 585. The van der Waals surface area contributed by atoms with Crippen LogP contribution < -0.4 is 5.32 Å². The van der Waals surface area contributed by atoms with E-state index in [1.807, 2.05) is 20.9 Å². The molecule has 1 saturated carbocycles. The highest BCUT2D eigenvalue weighted by Gasteiger charge is 2.53. The van der Waals surface area contributed by atoms with Crippen LogP contribution in [0.1, 0.15) is 27.2 Å². The Morgan fingerprint density at radius 1 is 1.36 bits per heavy atom. The van der Waals surface area contributed by atoms with Gasteiger partial charge >= 0.3 is 5.97 Å². The summed E-state index contributed by atoms with van der Waals surface area (Å²) in [5, 5.41) is 11.8. The number of amides is 2. The van der Waals surface area contributed by atoms with Crippen LogP contribution in [0.25, 0.3) is 0 Å².